The van der Waals surface area contributed by atoms with E-state index in [2.05, 4.69) is 55.6 Å². The fraction of sp³-hybridized carbons (Fsp3) is 0.848. The second-order valence-corrected chi connectivity index (χ2v) is 17.2. The second kappa shape index (κ2) is 40.2. The van der Waals surface area contributed by atoms with Gasteiger partial charge >= 0.3 is 0 Å². The molecule has 0 saturated heterocycles. The lowest BCUT2D eigenvalue weighted by Gasteiger charge is -2.23. The van der Waals surface area contributed by atoms with Crippen LogP contribution in [0.5, 0.6) is 0 Å². The van der Waals surface area contributed by atoms with Crippen molar-refractivity contribution in [2.75, 3.05) is 5.75 Å². The number of amides is 1. The van der Waals surface area contributed by atoms with Crippen molar-refractivity contribution in [3.63, 3.8) is 0 Å². The summed E-state index contributed by atoms with van der Waals surface area (Å²) in [6, 6.07) is -0.975. The largest absolute Gasteiger partial charge is 0.391 e. The molecule has 0 aromatic carbocycles. The Labute approximate surface area is 329 Å². The molecule has 0 saturated carbocycles. The minimum atomic E-state index is -4.31. The van der Waals surface area contributed by atoms with Gasteiger partial charge in [-0.1, -0.05) is 211 Å². The Morgan fingerprint density at radius 3 is 1.25 bits per heavy atom. The van der Waals surface area contributed by atoms with E-state index in [0.717, 1.165) is 57.8 Å². The molecule has 0 bridgehead atoms. The number of aliphatic hydroxyl groups excluding tert-OH is 1. The first kappa shape index (κ1) is 51.6. The molecule has 2 atom stereocenters. The zero-order chi connectivity index (χ0) is 38.9. The van der Waals surface area contributed by atoms with Gasteiger partial charge in [-0.25, -0.2) is 0 Å². The number of nitrogens with one attached hydrogen (secondary N) is 1. The first-order valence-electron chi connectivity index (χ1n) is 22.7. The zero-order valence-corrected chi connectivity index (χ0v) is 35.7. The van der Waals surface area contributed by atoms with Gasteiger partial charge in [-0.15, -0.1) is 0 Å². The standard InChI is InChI=1S/C46H87NO5S/c1-3-5-7-9-11-13-15-17-19-20-21-22-23-24-25-26-28-30-32-34-36-38-40-42-46(49)47-44(43-53(50,51)52)45(48)41-39-37-35-33-31-29-27-18-16-14-12-10-8-6-4-2/h15,17,20-21,23-24,44-45,48H,3-14,16,18-19,22,25-43H2,1-2H3,(H,47,49)(H,50,51,52)/b17-15-,21-20-,24-23-. The van der Waals surface area contributed by atoms with Gasteiger partial charge in [0.1, 0.15) is 0 Å². The number of unbranched alkanes of at least 4 members (excludes halogenated alkanes) is 27. The Balaban J connectivity index is 3.83. The van der Waals surface area contributed by atoms with E-state index in [1.54, 1.807) is 0 Å². The van der Waals surface area contributed by atoms with Crippen molar-refractivity contribution in [1.82, 2.24) is 5.32 Å². The molecule has 3 N–H and O–H groups in total. The van der Waals surface area contributed by atoms with Crippen LogP contribution in [0.2, 0.25) is 0 Å². The van der Waals surface area contributed by atoms with Gasteiger partial charge < -0.3 is 10.4 Å². The van der Waals surface area contributed by atoms with Crippen molar-refractivity contribution >= 4 is 16.0 Å². The van der Waals surface area contributed by atoms with Crippen LogP contribution in [0.15, 0.2) is 36.5 Å². The molecule has 0 aliphatic carbocycles. The second-order valence-electron chi connectivity index (χ2n) is 15.7. The number of hydrogen-bond donors (Lipinski definition) is 3. The molecule has 312 valence electrons. The quantitative estimate of drug-likeness (QED) is 0.0327. The van der Waals surface area contributed by atoms with Gasteiger partial charge in [0.2, 0.25) is 5.91 Å². The van der Waals surface area contributed by atoms with E-state index in [1.165, 1.54) is 148 Å². The molecule has 0 rings (SSSR count). The highest BCUT2D eigenvalue weighted by molar-refractivity contribution is 7.85. The Kier molecular flexibility index (Phi) is 39.1. The highest BCUT2D eigenvalue weighted by Crippen LogP contribution is 2.16. The molecule has 6 nitrogen and oxygen atoms in total. The zero-order valence-electron chi connectivity index (χ0n) is 34.9. The van der Waals surface area contributed by atoms with Gasteiger partial charge in [0.25, 0.3) is 10.1 Å². The van der Waals surface area contributed by atoms with E-state index in [-0.39, 0.29) is 5.91 Å². The first-order valence-corrected chi connectivity index (χ1v) is 24.3. The summed E-state index contributed by atoms with van der Waals surface area (Å²) in [4.78, 5) is 12.6. The van der Waals surface area contributed by atoms with Crippen molar-refractivity contribution in [3.8, 4) is 0 Å². The van der Waals surface area contributed by atoms with E-state index in [4.69, 9.17) is 0 Å². The van der Waals surface area contributed by atoms with E-state index in [9.17, 15) is 22.9 Å². The van der Waals surface area contributed by atoms with Crippen molar-refractivity contribution in [2.24, 2.45) is 0 Å². The summed E-state index contributed by atoms with van der Waals surface area (Å²) in [5.74, 6) is -0.902. The van der Waals surface area contributed by atoms with Gasteiger partial charge in [-0.2, -0.15) is 8.42 Å². The molecule has 0 spiro atoms. The summed E-state index contributed by atoms with van der Waals surface area (Å²) in [5.41, 5.74) is 0. The van der Waals surface area contributed by atoms with Crippen molar-refractivity contribution in [2.45, 2.75) is 244 Å². The molecule has 0 radical (unpaired) electrons. The van der Waals surface area contributed by atoms with Crippen LogP contribution in [0.3, 0.4) is 0 Å². The third-order valence-corrected chi connectivity index (χ3v) is 11.1. The van der Waals surface area contributed by atoms with Crippen LogP contribution in [0, 0.1) is 0 Å². The molecule has 0 aliphatic heterocycles. The Bertz CT molecular complexity index is 976. The molecule has 0 aromatic rings. The van der Waals surface area contributed by atoms with Gasteiger partial charge in [0.05, 0.1) is 17.9 Å². The molecule has 2 unspecified atom stereocenters. The average Bonchev–Trinajstić information content (AvgIpc) is 3.12. The third-order valence-electron chi connectivity index (χ3n) is 10.3. The molecule has 1 amide bonds. The van der Waals surface area contributed by atoms with Crippen LogP contribution in [0.25, 0.3) is 0 Å². The predicted molar refractivity (Wildman–Crippen MR) is 230 cm³/mol. The van der Waals surface area contributed by atoms with E-state index in [1.807, 2.05) is 0 Å². The van der Waals surface area contributed by atoms with Crippen LogP contribution in [0.1, 0.15) is 232 Å². The number of carbonyl (C=O) groups is 1. The summed E-state index contributed by atoms with van der Waals surface area (Å²) in [6.45, 7) is 4.52. The smallest absolute Gasteiger partial charge is 0.266 e. The molecular formula is C46H87NO5S. The Morgan fingerprint density at radius 1 is 0.509 bits per heavy atom. The summed E-state index contributed by atoms with van der Waals surface area (Å²) in [7, 11) is -4.31. The summed E-state index contributed by atoms with van der Waals surface area (Å²) < 4.78 is 32.6. The monoisotopic (exact) mass is 766 g/mol. The average molecular weight is 766 g/mol. The maximum atomic E-state index is 12.6. The summed E-state index contributed by atoms with van der Waals surface area (Å²) in [5, 5.41) is 13.4. The lowest BCUT2D eigenvalue weighted by molar-refractivity contribution is -0.122. The minimum absolute atomic E-state index is 0.252. The van der Waals surface area contributed by atoms with E-state index in [0.29, 0.717) is 12.8 Å². The number of carbonyl (C=O) groups excluding carboxylic acids is 1. The Hall–Kier alpha value is -1.44. The number of hydrogen-bond acceptors (Lipinski definition) is 4. The molecule has 53 heavy (non-hydrogen) atoms. The van der Waals surface area contributed by atoms with Crippen LogP contribution in [-0.4, -0.2) is 41.9 Å². The van der Waals surface area contributed by atoms with Crippen LogP contribution in [0.4, 0.5) is 0 Å². The van der Waals surface area contributed by atoms with Crippen molar-refractivity contribution in [3.05, 3.63) is 36.5 Å². The van der Waals surface area contributed by atoms with E-state index >= 15 is 0 Å². The Morgan fingerprint density at radius 2 is 0.849 bits per heavy atom. The number of aliphatic hydroxyl groups is 1. The van der Waals surface area contributed by atoms with Crippen LogP contribution < -0.4 is 5.32 Å². The van der Waals surface area contributed by atoms with E-state index < -0.39 is 28.0 Å². The normalized spacial score (nSPS) is 13.5. The molecule has 7 heteroatoms. The number of rotatable bonds is 41. The van der Waals surface area contributed by atoms with Gasteiger partial charge in [-0.05, 0) is 51.4 Å². The fourth-order valence-electron chi connectivity index (χ4n) is 6.93. The fourth-order valence-corrected chi connectivity index (χ4v) is 7.69. The topological polar surface area (TPSA) is 104 Å². The summed E-state index contributed by atoms with van der Waals surface area (Å²) in [6.07, 6.45) is 52.4. The molecule has 0 heterocycles. The summed E-state index contributed by atoms with van der Waals surface area (Å²) >= 11 is 0. The van der Waals surface area contributed by atoms with Crippen molar-refractivity contribution in [1.29, 1.82) is 0 Å². The van der Waals surface area contributed by atoms with Crippen molar-refractivity contribution < 1.29 is 22.9 Å². The van der Waals surface area contributed by atoms with Gasteiger partial charge in [0.15, 0.2) is 0 Å². The minimum Gasteiger partial charge on any atom is -0.391 e. The third kappa shape index (κ3) is 41.6. The van der Waals surface area contributed by atoms with Crippen LogP contribution in [-0.2, 0) is 14.9 Å². The van der Waals surface area contributed by atoms with Gasteiger partial charge in [-0.3, -0.25) is 9.35 Å². The highest BCUT2D eigenvalue weighted by atomic mass is 32.2. The molecular weight excluding hydrogens is 679 g/mol. The highest BCUT2D eigenvalue weighted by Gasteiger charge is 2.26. The SMILES string of the molecule is CCCCCCC/C=C\C/C=C\C/C=C\CCCCCCCCCCC(=O)NC(CS(=O)(=O)O)C(O)CCCCCCCCCCCCCCCCC. The van der Waals surface area contributed by atoms with Gasteiger partial charge in [0, 0.05) is 6.42 Å². The predicted octanol–water partition coefficient (Wildman–Crippen LogP) is 13.7. The maximum Gasteiger partial charge on any atom is 0.266 e. The molecule has 0 fully saturated rings. The maximum absolute atomic E-state index is 12.6. The molecule has 0 aromatic heterocycles. The lowest BCUT2D eigenvalue weighted by Crippen LogP contribution is -2.47. The number of allylic oxidation sites excluding steroid dienone is 6. The lowest BCUT2D eigenvalue weighted by atomic mass is 10.0. The first-order chi connectivity index (χ1) is 25.8. The molecule has 0 aliphatic rings. The van der Waals surface area contributed by atoms with Crippen LogP contribution >= 0.6 is 0 Å².